The summed E-state index contributed by atoms with van der Waals surface area (Å²) in [7, 11) is 0. The van der Waals surface area contributed by atoms with Gasteiger partial charge in [-0.2, -0.15) is 13.2 Å². The van der Waals surface area contributed by atoms with E-state index in [2.05, 4.69) is 11.9 Å². The van der Waals surface area contributed by atoms with Gasteiger partial charge in [0.2, 0.25) is 0 Å². The van der Waals surface area contributed by atoms with E-state index in [0.717, 1.165) is 19.3 Å². The van der Waals surface area contributed by atoms with Crippen molar-refractivity contribution in [1.82, 2.24) is 0 Å². The largest absolute Gasteiger partial charge is 1.00 e. The zero-order valence-electron chi connectivity index (χ0n) is 15.6. The van der Waals surface area contributed by atoms with Gasteiger partial charge in [0.1, 0.15) is 6.54 Å². The molecular weight excluding hydrogens is 351 g/mol. The first-order valence-corrected chi connectivity index (χ1v) is 9.64. The molecule has 1 heterocycles. The summed E-state index contributed by atoms with van der Waals surface area (Å²) in [5.74, 6) is -0.608. The average Bonchev–Trinajstić information content (AvgIpc) is 2.94. The number of unbranched alkanes of at least 4 members (excludes halogenated alkanes) is 9. The van der Waals surface area contributed by atoms with Crippen LogP contribution in [0.4, 0.5) is 13.2 Å². The molecule has 7 heteroatoms. The summed E-state index contributed by atoms with van der Waals surface area (Å²) in [5.41, 5.74) is 5.58. The molecule has 3 nitrogen and oxygen atoms in total. The Morgan fingerprint density at radius 3 is 1.92 bits per heavy atom. The zero-order chi connectivity index (χ0) is 17.9. The van der Waals surface area contributed by atoms with E-state index >= 15 is 0 Å². The van der Waals surface area contributed by atoms with Crippen LogP contribution in [0.3, 0.4) is 0 Å². The average molecular weight is 386 g/mol. The lowest BCUT2D eigenvalue weighted by atomic mass is 10.1. The number of rotatable bonds is 13. The van der Waals surface area contributed by atoms with Crippen molar-refractivity contribution in [3.8, 4) is 0 Å². The lowest BCUT2D eigenvalue weighted by Gasteiger charge is -2.34. The lowest BCUT2D eigenvalue weighted by molar-refractivity contribution is -0.839. The van der Waals surface area contributed by atoms with Gasteiger partial charge < -0.3 is 18.1 Å². The van der Waals surface area contributed by atoms with Gasteiger partial charge in [0, 0.05) is 6.54 Å². The molecule has 1 atom stereocenters. The minimum Gasteiger partial charge on any atom is -1.00 e. The molecule has 0 aromatic carbocycles. The van der Waals surface area contributed by atoms with Gasteiger partial charge in [0.05, 0.1) is 19.6 Å². The van der Waals surface area contributed by atoms with Gasteiger partial charge in [0.15, 0.2) is 0 Å². The molecule has 0 fully saturated rings. The van der Waals surface area contributed by atoms with Gasteiger partial charge in [-0.25, -0.2) is 4.99 Å². The topological polar surface area (TPSA) is 38.4 Å². The molecule has 0 radical (unpaired) electrons. The SMILES string of the molecule is CCCCCCCCCCCC[N+]1(CCN)CCN=C1C(F)(F)F.[Cl-]. The van der Waals surface area contributed by atoms with Crippen LogP contribution in [0.25, 0.3) is 0 Å². The highest BCUT2D eigenvalue weighted by molar-refractivity contribution is 5.82. The van der Waals surface area contributed by atoms with Crippen molar-refractivity contribution in [2.45, 2.75) is 77.3 Å². The highest BCUT2D eigenvalue weighted by Gasteiger charge is 2.53. The van der Waals surface area contributed by atoms with Crippen molar-refractivity contribution in [2.24, 2.45) is 10.7 Å². The van der Waals surface area contributed by atoms with Gasteiger partial charge in [-0.1, -0.05) is 58.3 Å². The van der Waals surface area contributed by atoms with Crippen LogP contribution in [0.5, 0.6) is 0 Å². The smallest absolute Gasteiger partial charge is 0.486 e. The fourth-order valence-corrected chi connectivity index (χ4v) is 3.66. The van der Waals surface area contributed by atoms with Gasteiger partial charge in [-0.3, -0.25) is 4.48 Å². The van der Waals surface area contributed by atoms with E-state index in [0.29, 0.717) is 19.6 Å². The van der Waals surface area contributed by atoms with Crippen LogP contribution in [0.15, 0.2) is 4.99 Å². The molecule has 2 N–H and O–H groups in total. The second-order valence-electron chi connectivity index (χ2n) is 6.99. The summed E-state index contributed by atoms with van der Waals surface area (Å²) in [6.07, 6.45) is 7.60. The Hall–Kier alpha value is -0.330. The molecule has 1 aliphatic rings. The van der Waals surface area contributed by atoms with Crippen LogP contribution in [0, 0.1) is 0 Å². The summed E-state index contributed by atoms with van der Waals surface area (Å²) < 4.78 is 39.5. The number of amidine groups is 1. The zero-order valence-corrected chi connectivity index (χ0v) is 16.3. The van der Waals surface area contributed by atoms with Crippen molar-refractivity contribution in [1.29, 1.82) is 0 Å². The monoisotopic (exact) mass is 385 g/mol. The molecule has 1 aliphatic heterocycles. The molecule has 0 saturated carbocycles. The number of quaternary nitrogens is 1. The molecule has 0 amide bonds. The fourth-order valence-electron chi connectivity index (χ4n) is 3.66. The predicted molar refractivity (Wildman–Crippen MR) is 94.1 cm³/mol. The molecular formula is C18H35ClF3N3. The number of halogens is 4. The van der Waals surface area contributed by atoms with E-state index in [4.69, 9.17) is 5.73 Å². The fraction of sp³-hybridized carbons (Fsp3) is 0.944. The van der Waals surface area contributed by atoms with Crippen molar-refractivity contribution in [3.05, 3.63) is 0 Å². The summed E-state index contributed by atoms with van der Waals surface area (Å²) in [6.45, 7) is 4.07. The van der Waals surface area contributed by atoms with Crippen LogP contribution < -0.4 is 18.1 Å². The molecule has 0 aromatic heterocycles. The van der Waals surface area contributed by atoms with Crippen molar-refractivity contribution in [3.63, 3.8) is 0 Å². The first-order chi connectivity index (χ1) is 11.5. The molecule has 25 heavy (non-hydrogen) atoms. The predicted octanol–water partition coefficient (Wildman–Crippen LogP) is 1.66. The molecule has 0 aliphatic carbocycles. The Bertz CT molecular complexity index is 375. The lowest BCUT2D eigenvalue weighted by Crippen LogP contribution is -3.00. The van der Waals surface area contributed by atoms with Crippen molar-refractivity contribution >= 4 is 5.84 Å². The van der Waals surface area contributed by atoms with E-state index < -0.39 is 12.0 Å². The maximum atomic E-state index is 13.2. The van der Waals surface area contributed by atoms with Gasteiger partial charge in [-0.15, -0.1) is 0 Å². The van der Waals surface area contributed by atoms with Crippen LogP contribution in [0.1, 0.15) is 71.1 Å². The molecule has 0 spiro atoms. The number of aliphatic imine (C=N–C) groups is 1. The maximum absolute atomic E-state index is 13.2. The van der Waals surface area contributed by atoms with Crippen LogP contribution in [-0.2, 0) is 0 Å². The van der Waals surface area contributed by atoms with Gasteiger partial charge >= 0.3 is 12.0 Å². The van der Waals surface area contributed by atoms with E-state index in [9.17, 15) is 13.2 Å². The summed E-state index contributed by atoms with van der Waals surface area (Å²) in [6, 6.07) is 0. The minimum atomic E-state index is -4.33. The summed E-state index contributed by atoms with van der Waals surface area (Å²) in [5, 5.41) is 0. The quantitative estimate of drug-likeness (QED) is 0.380. The molecule has 0 saturated heterocycles. The second-order valence-corrected chi connectivity index (χ2v) is 6.99. The summed E-state index contributed by atoms with van der Waals surface area (Å²) >= 11 is 0. The Kier molecular flexibility index (Phi) is 12.8. The molecule has 0 bridgehead atoms. The molecule has 1 unspecified atom stereocenters. The molecule has 0 aromatic rings. The number of alkyl halides is 3. The number of nitrogens with two attached hydrogens (primary N) is 1. The van der Waals surface area contributed by atoms with Crippen LogP contribution in [0.2, 0.25) is 0 Å². The van der Waals surface area contributed by atoms with Crippen LogP contribution in [-0.4, -0.2) is 49.2 Å². The Labute approximate surface area is 157 Å². The Balaban J connectivity index is 0.00000576. The minimum absolute atomic E-state index is 0. The normalized spacial score (nSPS) is 20.4. The van der Waals surface area contributed by atoms with Crippen molar-refractivity contribution in [2.75, 3.05) is 32.7 Å². The van der Waals surface area contributed by atoms with E-state index in [1.165, 1.54) is 44.9 Å². The standard InChI is InChI=1S/C18H35F3N3.ClH/c1-2-3-4-5-6-7-8-9-10-11-14-24(15-12-22)16-13-23-17(24)18(19,20)21;/h2-16,22H2,1H3;1H/q+1;/p-1. The number of hydrogen-bond donors (Lipinski definition) is 1. The third kappa shape index (κ3) is 8.74. The summed E-state index contributed by atoms with van der Waals surface area (Å²) in [4.78, 5) is 3.75. The third-order valence-corrected chi connectivity index (χ3v) is 4.99. The maximum Gasteiger partial charge on any atom is 0.486 e. The van der Waals surface area contributed by atoms with E-state index in [1.807, 2.05) is 0 Å². The molecule has 150 valence electrons. The third-order valence-electron chi connectivity index (χ3n) is 4.99. The second kappa shape index (κ2) is 12.9. The van der Waals surface area contributed by atoms with E-state index in [1.54, 1.807) is 0 Å². The Morgan fingerprint density at radius 2 is 1.44 bits per heavy atom. The highest BCUT2D eigenvalue weighted by Crippen LogP contribution is 2.29. The molecule has 1 rings (SSSR count). The van der Waals surface area contributed by atoms with E-state index in [-0.39, 0.29) is 30.0 Å². The van der Waals surface area contributed by atoms with Gasteiger partial charge in [0.25, 0.3) is 0 Å². The first-order valence-electron chi connectivity index (χ1n) is 9.64. The number of hydrogen-bond acceptors (Lipinski definition) is 2. The Morgan fingerprint density at radius 1 is 0.920 bits per heavy atom. The van der Waals surface area contributed by atoms with Crippen molar-refractivity contribution < 1.29 is 30.1 Å². The first kappa shape index (κ1) is 24.7. The highest BCUT2D eigenvalue weighted by atomic mass is 35.5. The number of nitrogens with zero attached hydrogens (tertiary/aromatic N) is 2. The van der Waals surface area contributed by atoms with Gasteiger partial charge in [-0.05, 0) is 12.8 Å². The van der Waals surface area contributed by atoms with Crippen LogP contribution >= 0.6 is 0 Å².